The van der Waals surface area contributed by atoms with Crippen molar-refractivity contribution >= 4 is 27.5 Å². The third kappa shape index (κ3) is 7.03. The van der Waals surface area contributed by atoms with Gasteiger partial charge >= 0.3 is 0 Å². The van der Waals surface area contributed by atoms with Crippen LogP contribution in [0.4, 0.5) is 10.1 Å². The molecule has 7 nitrogen and oxygen atoms in total. The maximum atomic E-state index is 13.9. The highest BCUT2D eigenvalue weighted by Gasteiger charge is 2.33. The predicted molar refractivity (Wildman–Crippen MR) is 149 cm³/mol. The zero-order chi connectivity index (χ0) is 28.0. The first kappa shape index (κ1) is 28.3. The number of aryl methyl sites for hydroxylation is 1. The summed E-state index contributed by atoms with van der Waals surface area (Å²) >= 11 is 0. The van der Waals surface area contributed by atoms with Gasteiger partial charge in [0.2, 0.25) is 11.8 Å². The molecule has 2 amide bonds. The Kier molecular flexibility index (Phi) is 9.01. The summed E-state index contributed by atoms with van der Waals surface area (Å²) in [7, 11) is -4.18. The van der Waals surface area contributed by atoms with Gasteiger partial charge in [-0.2, -0.15) is 0 Å². The van der Waals surface area contributed by atoms with Crippen molar-refractivity contribution in [2.45, 2.75) is 63.1 Å². The van der Waals surface area contributed by atoms with E-state index in [-0.39, 0.29) is 29.1 Å². The average molecular weight is 552 g/mol. The summed E-state index contributed by atoms with van der Waals surface area (Å²) in [4.78, 5) is 28.6. The first-order valence-corrected chi connectivity index (χ1v) is 14.6. The number of sulfonamides is 1. The molecule has 3 aromatic rings. The van der Waals surface area contributed by atoms with E-state index in [1.165, 1.54) is 29.2 Å². The second-order valence-corrected chi connectivity index (χ2v) is 11.8. The molecule has 1 saturated carbocycles. The number of nitrogens with one attached hydrogen (secondary N) is 1. The first-order valence-electron chi connectivity index (χ1n) is 13.1. The summed E-state index contributed by atoms with van der Waals surface area (Å²) in [6.07, 6.45) is 3.90. The van der Waals surface area contributed by atoms with Crippen LogP contribution in [0.5, 0.6) is 0 Å². The zero-order valence-electron chi connectivity index (χ0n) is 22.2. The van der Waals surface area contributed by atoms with Crippen molar-refractivity contribution in [1.82, 2.24) is 10.2 Å². The van der Waals surface area contributed by atoms with E-state index in [0.717, 1.165) is 53.2 Å². The molecule has 0 heterocycles. The summed E-state index contributed by atoms with van der Waals surface area (Å²) in [6.45, 7) is 3.17. The lowest BCUT2D eigenvalue weighted by atomic mass is 10.1. The second kappa shape index (κ2) is 12.4. The van der Waals surface area contributed by atoms with Gasteiger partial charge in [0.05, 0.1) is 10.6 Å². The molecular formula is C30H34FN3O4S. The highest BCUT2D eigenvalue weighted by molar-refractivity contribution is 7.92. The molecule has 0 radical (unpaired) electrons. The SMILES string of the molecule is Cc1cccc(CN(C(=O)CN(c2ccc(F)cc2)S(=O)(=O)c2ccccc2)C(C)C(=O)NC2CCCC2)c1. The molecule has 1 unspecified atom stereocenters. The van der Waals surface area contributed by atoms with Crippen molar-refractivity contribution in [1.29, 1.82) is 0 Å². The number of anilines is 1. The lowest BCUT2D eigenvalue weighted by Crippen LogP contribution is -2.52. The van der Waals surface area contributed by atoms with Crippen molar-refractivity contribution in [2.24, 2.45) is 0 Å². The van der Waals surface area contributed by atoms with E-state index < -0.39 is 34.3 Å². The number of amides is 2. The molecule has 9 heteroatoms. The van der Waals surface area contributed by atoms with Crippen molar-refractivity contribution in [3.63, 3.8) is 0 Å². The van der Waals surface area contributed by atoms with Gasteiger partial charge in [0.1, 0.15) is 18.4 Å². The van der Waals surface area contributed by atoms with Crippen LogP contribution in [0.15, 0.2) is 83.8 Å². The van der Waals surface area contributed by atoms with Crippen LogP contribution in [-0.4, -0.2) is 43.8 Å². The Morgan fingerprint density at radius 3 is 2.28 bits per heavy atom. The standard InChI is InChI=1S/C30H34FN3O4S/c1-22-9-8-10-24(19-22)20-33(23(2)30(36)32-26-11-6-7-12-26)29(35)21-34(27-17-15-25(31)16-18-27)39(37,38)28-13-4-3-5-14-28/h3-5,8-10,13-19,23,26H,6-7,11-12,20-21H2,1-2H3,(H,32,36). The molecule has 206 valence electrons. The Morgan fingerprint density at radius 1 is 0.974 bits per heavy atom. The van der Waals surface area contributed by atoms with E-state index in [4.69, 9.17) is 0 Å². The molecule has 0 saturated heterocycles. The number of rotatable bonds is 10. The molecule has 0 bridgehead atoms. The Bertz CT molecular complexity index is 1390. The third-order valence-electron chi connectivity index (χ3n) is 7.03. The highest BCUT2D eigenvalue weighted by Crippen LogP contribution is 2.25. The minimum absolute atomic E-state index is 0.000570. The van der Waals surface area contributed by atoms with Crippen LogP contribution in [0, 0.1) is 12.7 Å². The van der Waals surface area contributed by atoms with Crippen LogP contribution in [0.2, 0.25) is 0 Å². The van der Waals surface area contributed by atoms with Crippen molar-refractivity contribution in [3.05, 3.63) is 95.8 Å². The lowest BCUT2D eigenvalue weighted by Gasteiger charge is -2.32. The van der Waals surface area contributed by atoms with Gasteiger partial charge in [-0.3, -0.25) is 13.9 Å². The highest BCUT2D eigenvalue weighted by atomic mass is 32.2. The van der Waals surface area contributed by atoms with Crippen molar-refractivity contribution < 1.29 is 22.4 Å². The van der Waals surface area contributed by atoms with Gasteiger partial charge in [-0.05, 0) is 68.7 Å². The fraction of sp³-hybridized carbons (Fsp3) is 0.333. The summed E-state index contributed by atoms with van der Waals surface area (Å²) in [6, 6.07) is 19.6. The van der Waals surface area contributed by atoms with E-state index in [9.17, 15) is 22.4 Å². The predicted octanol–water partition coefficient (Wildman–Crippen LogP) is 4.81. The van der Waals surface area contributed by atoms with Gasteiger partial charge in [-0.15, -0.1) is 0 Å². The Labute approximate surface area is 229 Å². The Hall–Kier alpha value is -3.72. The largest absolute Gasteiger partial charge is 0.352 e. The maximum Gasteiger partial charge on any atom is 0.264 e. The van der Waals surface area contributed by atoms with Gasteiger partial charge in [0.25, 0.3) is 10.0 Å². The van der Waals surface area contributed by atoms with Crippen molar-refractivity contribution in [2.75, 3.05) is 10.8 Å². The molecule has 1 atom stereocenters. The van der Waals surface area contributed by atoms with Crippen LogP contribution in [0.3, 0.4) is 0 Å². The number of hydrogen-bond acceptors (Lipinski definition) is 4. The minimum Gasteiger partial charge on any atom is -0.352 e. The molecular weight excluding hydrogens is 517 g/mol. The summed E-state index contributed by atoms with van der Waals surface area (Å²) in [5, 5.41) is 3.05. The summed E-state index contributed by atoms with van der Waals surface area (Å²) in [5.41, 5.74) is 1.97. The summed E-state index contributed by atoms with van der Waals surface area (Å²) in [5.74, 6) is -1.35. The Balaban J connectivity index is 1.67. The fourth-order valence-electron chi connectivity index (χ4n) is 4.84. The van der Waals surface area contributed by atoms with E-state index in [1.807, 2.05) is 31.2 Å². The van der Waals surface area contributed by atoms with Gasteiger partial charge in [0, 0.05) is 12.6 Å². The molecule has 39 heavy (non-hydrogen) atoms. The quantitative estimate of drug-likeness (QED) is 0.392. The van der Waals surface area contributed by atoms with Crippen LogP contribution < -0.4 is 9.62 Å². The van der Waals surface area contributed by atoms with E-state index in [2.05, 4.69) is 5.32 Å². The molecule has 1 aliphatic carbocycles. The summed E-state index contributed by atoms with van der Waals surface area (Å²) < 4.78 is 42.1. The maximum absolute atomic E-state index is 13.9. The lowest BCUT2D eigenvalue weighted by molar-refractivity contribution is -0.139. The zero-order valence-corrected chi connectivity index (χ0v) is 23.0. The van der Waals surface area contributed by atoms with E-state index >= 15 is 0 Å². The Morgan fingerprint density at radius 2 is 1.64 bits per heavy atom. The molecule has 0 spiro atoms. The van der Waals surface area contributed by atoms with Crippen LogP contribution >= 0.6 is 0 Å². The molecule has 3 aromatic carbocycles. The normalized spacial score (nSPS) is 14.5. The number of hydrogen-bond donors (Lipinski definition) is 1. The monoisotopic (exact) mass is 551 g/mol. The number of nitrogens with zero attached hydrogens (tertiary/aromatic N) is 2. The molecule has 0 aliphatic heterocycles. The molecule has 1 N–H and O–H groups in total. The molecule has 4 rings (SSSR count). The van der Waals surface area contributed by atoms with Crippen LogP contribution in [0.25, 0.3) is 0 Å². The number of carbonyl (C=O) groups is 2. The fourth-order valence-corrected chi connectivity index (χ4v) is 6.27. The van der Waals surface area contributed by atoms with Gasteiger partial charge < -0.3 is 10.2 Å². The second-order valence-electron chi connectivity index (χ2n) is 9.98. The van der Waals surface area contributed by atoms with Crippen LogP contribution in [-0.2, 0) is 26.2 Å². The molecule has 1 aliphatic rings. The number of benzene rings is 3. The van der Waals surface area contributed by atoms with Gasteiger partial charge in [-0.25, -0.2) is 12.8 Å². The molecule has 1 fully saturated rings. The first-order chi connectivity index (χ1) is 18.6. The smallest absolute Gasteiger partial charge is 0.264 e. The van der Waals surface area contributed by atoms with Gasteiger partial charge in [0.15, 0.2) is 0 Å². The number of carbonyl (C=O) groups excluding carboxylic acids is 2. The van der Waals surface area contributed by atoms with Crippen LogP contribution in [0.1, 0.15) is 43.7 Å². The average Bonchev–Trinajstić information content (AvgIpc) is 3.44. The van der Waals surface area contributed by atoms with Crippen molar-refractivity contribution in [3.8, 4) is 0 Å². The third-order valence-corrected chi connectivity index (χ3v) is 8.82. The van der Waals surface area contributed by atoms with Gasteiger partial charge in [-0.1, -0.05) is 60.9 Å². The topological polar surface area (TPSA) is 86.8 Å². The molecule has 0 aromatic heterocycles. The van der Waals surface area contributed by atoms with E-state index in [1.54, 1.807) is 25.1 Å². The van der Waals surface area contributed by atoms with E-state index in [0.29, 0.717) is 0 Å². The minimum atomic E-state index is -4.18. The number of halogens is 1.